The largest absolute Gasteiger partial charge is 0.469 e. The Morgan fingerprint density at radius 3 is 2.63 bits per heavy atom. The summed E-state index contributed by atoms with van der Waals surface area (Å²) in [6, 6.07) is 4.34. The van der Waals surface area contributed by atoms with Crippen molar-refractivity contribution in [2.75, 3.05) is 12.9 Å². The molecule has 0 heterocycles. The molecule has 6 nitrogen and oxygen atoms in total. The van der Waals surface area contributed by atoms with E-state index in [1.807, 2.05) is 0 Å². The minimum atomic E-state index is -0.584. The number of carbonyl (C=O) groups excluding carboxylic acids is 2. The number of esters is 1. The fourth-order valence-corrected chi connectivity index (χ4v) is 2.27. The van der Waals surface area contributed by atoms with Gasteiger partial charge in [-0.2, -0.15) is 0 Å². The number of carbonyl (C=O) groups is 2. The van der Waals surface area contributed by atoms with Crippen molar-refractivity contribution in [2.45, 2.75) is 18.2 Å². The van der Waals surface area contributed by atoms with Gasteiger partial charge in [-0.15, -0.1) is 11.8 Å². The second-order valence-electron chi connectivity index (χ2n) is 3.67. The molecule has 19 heavy (non-hydrogen) atoms. The number of ketones is 1. The van der Waals surface area contributed by atoms with E-state index in [0.717, 1.165) is 0 Å². The van der Waals surface area contributed by atoms with Gasteiger partial charge in [-0.1, -0.05) is 0 Å². The fraction of sp³-hybridized carbons (Fsp3) is 0.333. The van der Waals surface area contributed by atoms with Crippen molar-refractivity contribution in [2.24, 2.45) is 0 Å². The first-order chi connectivity index (χ1) is 8.95. The first kappa shape index (κ1) is 15.2. The Balaban J connectivity index is 2.81. The average Bonchev–Trinajstić information content (AvgIpc) is 2.38. The molecule has 1 rings (SSSR count). The van der Waals surface area contributed by atoms with Gasteiger partial charge in [0.25, 0.3) is 5.69 Å². The van der Waals surface area contributed by atoms with Crippen LogP contribution in [0.15, 0.2) is 23.1 Å². The van der Waals surface area contributed by atoms with E-state index in [9.17, 15) is 19.7 Å². The van der Waals surface area contributed by atoms with E-state index in [2.05, 4.69) is 4.74 Å². The van der Waals surface area contributed by atoms with E-state index >= 15 is 0 Å². The Morgan fingerprint density at radius 2 is 2.11 bits per heavy atom. The third-order valence-electron chi connectivity index (χ3n) is 2.35. The van der Waals surface area contributed by atoms with Crippen molar-refractivity contribution in [3.63, 3.8) is 0 Å². The van der Waals surface area contributed by atoms with Crippen LogP contribution in [-0.4, -0.2) is 29.5 Å². The highest BCUT2D eigenvalue weighted by Gasteiger charge is 2.17. The summed E-state index contributed by atoms with van der Waals surface area (Å²) in [5.74, 6) is -0.190. The molecular weight excluding hydrogens is 270 g/mol. The molecule has 0 unspecified atom stereocenters. The van der Waals surface area contributed by atoms with Crippen molar-refractivity contribution in [3.05, 3.63) is 33.9 Å². The molecule has 0 aliphatic carbocycles. The zero-order chi connectivity index (χ0) is 14.4. The van der Waals surface area contributed by atoms with Crippen molar-refractivity contribution >= 4 is 29.2 Å². The van der Waals surface area contributed by atoms with Crippen LogP contribution in [0.2, 0.25) is 0 Å². The van der Waals surface area contributed by atoms with Crippen LogP contribution < -0.4 is 0 Å². The van der Waals surface area contributed by atoms with Crippen LogP contribution in [0.4, 0.5) is 5.69 Å². The Hall–Kier alpha value is -1.89. The predicted molar refractivity (Wildman–Crippen MR) is 70.5 cm³/mol. The Kier molecular flexibility index (Phi) is 5.50. The summed E-state index contributed by atoms with van der Waals surface area (Å²) in [6.45, 7) is 1.28. The Bertz CT molecular complexity index is 515. The number of methoxy groups -OCH3 is 1. The van der Waals surface area contributed by atoms with Gasteiger partial charge in [-0.05, 0) is 19.1 Å². The number of rotatable bonds is 6. The van der Waals surface area contributed by atoms with E-state index in [1.165, 1.54) is 37.9 Å². The first-order valence-corrected chi connectivity index (χ1v) is 6.43. The van der Waals surface area contributed by atoms with Crippen LogP contribution >= 0.6 is 11.8 Å². The molecular formula is C12H13NO5S. The van der Waals surface area contributed by atoms with Crippen LogP contribution in [0, 0.1) is 10.1 Å². The number of benzene rings is 1. The number of nitrogens with zero attached hydrogens (tertiary/aromatic N) is 1. The summed E-state index contributed by atoms with van der Waals surface area (Å²) in [7, 11) is 1.31. The van der Waals surface area contributed by atoms with E-state index < -0.39 is 4.92 Å². The number of nitro benzene ring substituents is 1. The third kappa shape index (κ3) is 4.36. The molecule has 0 radical (unpaired) electrons. The highest BCUT2D eigenvalue weighted by Crippen LogP contribution is 2.26. The number of thioether (sulfide) groups is 1. The smallest absolute Gasteiger partial charge is 0.306 e. The normalized spacial score (nSPS) is 10.0. The lowest BCUT2D eigenvalue weighted by Gasteiger charge is -2.04. The molecule has 0 aliphatic rings. The van der Waals surface area contributed by atoms with Crippen LogP contribution in [0.3, 0.4) is 0 Å². The summed E-state index contributed by atoms with van der Waals surface area (Å²) in [5.41, 5.74) is -0.127. The quantitative estimate of drug-likeness (QED) is 0.262. The molecule has 102 valence electrons. The molecule has 0 fully saturated rings. The van der Waals surface area contributed by atoms with Crippen LogP contribution in [0.5, 0.6) is 0 Å². The van der Waals surface area contributed by atoms with Crippen molar-refractivity contribution in [1.82, 2.24) is 0 Å². The van der Waals surface area contributed by atoms with Gasteiger partial charge in [0, 0.05) is 16.7 Å². The van der Waals surface area contributed by atoms with Gasteiger partial charge in [-0.3, -0.25) is 19.7 Å². The monoisotopic (exact) mass is 283 g/mol. The van der Waals surface area contributed by atoms with Crippen LogP contribution in [0.25, 0.3) is 0 Å². The molecule has 0 aliphatic heterocycles. The maximum Gasteiger partial charge on any atom is 0.306 e. The number of Topliss-reactive ketones (excluding diaryl/α,β-unsaturated/α-hetero) is 1. The zero-order valence-electron chi connectivity index (χ0n) is 10.5. The molecule has 0 atom stereocenters. The molecule has 0 amide bonds. The minimum absolute atomic E-state index is 0.0769. The van der Waals surface area contributed by atoms with Crippen LogP contribution in [0.1, 0.15) is 23.7 Å². The van der Waals surface area contributed by atoms with Gasteiger partial charge in [0.15, 0.2) is 5.78 Å². The number of hydrogen-bond acceptors (Lipinski definition) is 6. The van der Waals surface area contributed by atoms with E-state index in [0.29, 0.717) is 10.6 Å². The van der Waals surface area contributed by atoms with E-state index in [1.54, 1.807) is 6.07 Å². The fourth-order valence-electron chi connectivity index (χ4n) is 1.40. The first-order valence-electron chi connectivity index (χ1n) is 5.44. The second kappa shape index (κ2) is 6.89. The maximum atomic E-state index is 11.4. The Labute approximate surface area is 114 Å². The SMILES string of the molecule is COC(=O)CCSc1ccc([N+](=O)[O-])c(C(C)=O)c1. The molecule has 1 aromatic carbocycles. The molecule has 1 aromatic rings. The summed E-state index contributed by atoms with van der Waals surface area (Å²) < 4.78 is 4.50. The summed E-state index contributed by atoms with van der Waals surface area (Å²) >= 11 is 1.34. The molecule has 7 heteroatoms. The summed E-state index contributed by atoms with van der Waals surface area (Å²) in [6.07, 6.45) is 0.244. The summed E-state index contributed by atoms with van der Waals surface area (Å²) in [5, 5.41) is 10.8. The topological polar surface area (TPSA) is 86.5 Å². The minimum Gasteiger partial charge on any atom is -0.469 e. The number of ether oxygens (including phenoxy) is 1. The van der Waals surface area contributed by atoms with Crippen LogP contribution in [-0.2, 0) is 9.53 Å². The molecule has 0 bridgehead atoms. The van der Waals surface area contributed by atoms with Gasteiger partial charge in [0.1, 0.15) is 0 Å². The highest BCUT2D eigenvalue weighted by molar-refractivity contribution is 7.99. The van der Waals surface area contributed by atoms with Crippen molar-refractivity contribution in [1.29, 1.82) is 0 Å². The van der Waals surface area contributed by atoms with Crippen molar-refractivity contribution in [3.8, 4) is 0 Å². The summed E-state index contributed by atoms with van der Waals surface area (Å²) in [4.78, 5) is 33.2. The average molecular weight is 283 g/mol. The number of hydrogen-bond donors (Lipinski definition) is 0. The lowest BCUT2D eigenvalue weighted by Crippen LogP contribution is -2.02. The van der Waals surface area contributed by atoms with Gasteiger partial charge in [-0.25, -0.2) is 0 Å². The predicted octanol–water partition coefficient (Wildman–Crippen LogP) is 2.45. The van der Waals surface area contributed by atoms with E-state index in [4.69, 9.17) is 0 Å². The lowest BCUT2D eigenvalue weighted by atomic mass is 10.1. The molecule has 0 aromatic heterocycles. The molecule has 0 N–H and O–H groups in total. The van der Waals surface area contributed by atoms with E-state index in [-0.39, 0.29) is 29.4 Å². The van der Waals surface area contributed by atoms with Gasteiger partial charge in [0.2, 0.25) is 0 Å². The van der Waals surface area contributed by atoms with Gasteiger partial charge in [0.05, 0.1) is 24.0 Å². The second-order valence-corrected chi connectivity index (χ2v) is 4.84. The van der Waals surface area contributed by atoms with Gasteiger partial charge < -0.3 is 4.74 Å². The third-order valence-corrected chi connectivity index (χ3v) is 3.34. The highest BCUT2D eigenvalue weighted by atomic mass is 32.2. The molecule has 0 spiro atoms. The number of nitro groups is 1. The Morgan fingerprint density at radius 1 is 1.42 bits per heavy atom. The molecule has 0 saturated heterocycles. The van der Waals surface area contributed by atoms with Gasteiger partial charge >= 0.3 is 5.97 Å². The molecule has 0 saturated carbocycles. The zero-order valence-corrected chi connectivity index (χ0v) is 11.4. The van der Waals surface area contributed by atoms with Crippen molar-refractivity contribution < 1.29 is 19.2 Å². The lowest BCUT2D eigenvalue weighted by molar-refractivity contribution is -0.385. The maximum absolute atomic E-state index is 11.4. The standard InChI is InChI=1S/C12H13NO5S/c1-8(14)10-7-9(3-4-11(10)13(16)17)19-6-5-12(15)18-2/h3-4,7H,5-6H2,1-2H3.